The molecule has 0 aliphatic heterocycles. The monoisotopic (exact) mass is 217 g/mol. The summed E-state index contributed by atoms with van der Waals surface area (Å²) in [6.45, 7) is 7.10. The quantitative estimate of drug-likeness (QED) is 0.721. The molecule has 0 bridgehead atoms. The Morgan fingerprint density at radius 3 is 2.69 bits per heavy atom. The van der Waals surface area contributed by atoms with Crippen LogP contribution in [0.25, 0.3) is 0 Å². The number of hydrogen-bond donors (Lipinski definition) is 0. The average Bonchev–Trinajstić information content (AvgIpc) is 2.29. The Morgan fingerprint density at radius 1 is 1.25 bits per heavy atom. The van der Waals surface area contributed by atoms with Gasteiger partial charge in [0.05, 0.1) is 0 Å². The van der Waals surface area contributed by atoms with Gasteiger partial charge >= 0.3 is 0 Å². The zero-order valence-corrected chi connectivity index (χ0v) is 10.7. The molecule has 0 amide bonds. The van der Waals surface area contributed by atoms with Crippen molar-refractivity contribution in [3.05, 3.63) is 30.1 Å². The summed E-state index contributed by atoms with van der Waals surface area (Å²) in [5.74, 6) is 3.15. The lowest BCUT2D eigenvalue weighted by molar-refractivity contribution is 0.194. The second-order valence-electron chi connectivity index (χ2n) is 5.69. The first-order valence-corrected chi connectivity index (χ1v) is 6.59. The molecule has 1 aromatic rings. The zero-order valence-electron chi connectivity index (χ0n) is 10.7. The molecule has 1 heterocycles. The van der Waals surface area contributed by atoms with Gasteiger partial charge in [-0.2, -0.15) is 0 Å². The van der Waals surface area contributed by atoms with Gasteiger partial charge in [0.25, 0.3) is 0 Å². The molecule has 16 heavy (non-hydrogen) atoms. The fraction of sp³-hybridized carbons (Fsp3) is 0.667. The van der Waals surface area contributed by atoms with Crippen LogP contribution in [-0.4, -0.2) is 4.98 Å². The van der Waals surface area contributed by atoms with Crippen molar-refractivity contribution in [2.75, 3.05) is 0 Å². The molecule has 1 aromatic heterocycles. The Morgan fingerprint density at radius 2 is 2.06 bits per heavy atom. The van der Waals surface area contributed by atoms with E-state index in [-0.39, 0.29) is 0 Å². The van der Waals surface area contributed by atoms with Gasteiger partial charge in [0.2, 0.25) is 0 Å². The molecule has 0 aromatic carbocycles. The molecule has 1 nitrogen and oxygen atoms in total. The SMILES string of the molecule is CC(C)[C@@H]1CC[C@@H](C)C[C@H]1c1ccccn1. The maximum atomic E-state index is 4.57. The normalized spacial score (nSPS) is 30.6. The van der Waals surface area contributed by atoms with Gasteiger partial charge in [0.15, 0.2) is 0 Å². The lowest BCUT2D eigenvalue weighted by Crippen LogP contribution is -2.26. The fourth-order valence-electron chi connectivity index (χ4n) is 3.14. The van der Waals surface area contributed by atoms with Crippen LogP contribution in [0.5, 0.6) is 0 Å². The maximum absolute atomic E-state index is 4.57. The maximum Gasteiger partial charge on any atom is 0.0437 e. The summed E-state index contributed by atoms with van der Waals surface area (Å²) in [5.41, 5.74) is 1.31. The Hall–Kier alpha value is -0.850. The van der Waals surface area contributed by atoms with Crippen molar-refractivity contribution in [3.8, 4) is 0 Å². The van der Waals surface area contributed by atoms with Crippen molar-refractivity contribution in [2.24, 2.45) is 17.8 Å². The minimum absolute atomic E-state index is 0.685. The summed E-state index contributed by atoms with van der Waals surface area (Å²) in [6, 6.07) is 6.34. The molecule has 0 spiro atoms. The number of rotatable bonds is 2. The van der Waals surface area contributed by atoms with Crippen LogP contribution in [0, 0.1) is 17.8 Å². The van der Waals surface area contributed by atoms with Crippen LogP contribution in [0.1, 0.15) is 51.6 Å². The van der Waals surface area contributed by atoms with E-state index < -0.39 is 0 Å². The van der Waals surface area contributed by atoms with Crippen molar-refractivity contribution < 1.29 is 0 Å². The van der Waals surface area contributed by atoms with Crippen LogP contribution < -0.4 is 0 Å². The van der Waals surface area contributed by atoms with Crippen LogP contribution >= 0.6 is 0 Å². The van der Waals surface area contributed by atoms with Crippen LogP contribution in [0.2, 0.25) is 0 Å². The Labute approximate surface area is 99.3 Å². The summed E-state index contributed by atoms with van der Waals surface area (Å²) >= 11 is 0. The number of nitrogens with zero attached hydrogens (tertiary/aromatic N) is 1. The van der Waals surface area contributed by atoms with Crippen molar-refractivity contribution in [3.63, 3.8) is 0 Å². The molecule has 0 N–H and O–H groups in total. The summed E-state index contributed by atoms with van der Waals surface area (Å²) < 4.78 is 0. The van der Waals surface area contributed by atoms with Crippen molar-refractivity contribution >= 4 is 0 Å². The third kappa shape index (κ3) is 2.45. The third-order valence-electron chi connectivity index (χ3n) is 4.09. The van der Waals surface area contributed by atoms with Crippen molar-refractivity contribution in [1.29, 1.82) is 0 Å². The number of pyridine rings is 1. The van der Waals surface area contributed by atoms with E-state index in [1.54, 1.807) is 0 Å². The molecule has 88 valence electrons. The molecule has 0 radical (unpaired) electrons. The summed E-state index contributed by atoms with van der Waals surface area (Å²) in [4.78, 5) is 4.57. The van der Waals surface area contributed by atoms with E-state index >= 15 is 0 Å². The molecular formula is C15H23N. The van der Waals surface area contributed by atoms with E-state index in [1.165, 1.54) is 25.0 Å². The highest BCUT2D eigenvalue weighted by atomic mass is 14.7. The van der Waals surface area contributed by atoms with Gasteiger partial charge < -0.3 is 0 Å². The molecule has 0 saturated heterocycles. The van der Waals surface area contributed by atoms with E-state index in [9.17, 15) is 0 Å². The van der Waals surface area contributed by atoms with Crippen LogP contribution in [-0.2, 0) is 0 Å². The van der Waals surface area contributed by atoms with E-state index in [0.29, 0.717) is 5.92 Å². The summed E-state index contributed by atoms with van der Waals surface area (Å²) in [5, 5.41) is 0. The smallest absolute Gasteiger partial charge is 0.0437 e. The first kappa shape index (κ1) is 11.6. The van der Waals surface area contributed by atoms with E-state index in [4.69, 9.17) is 0 Å². The first-order valence-electron chi connectivity index (χ1n) is 6.59. The molecule has 3 atom stereocenters. The number of hydrogen-bond acceptors (Lipinski definition) is 1. The standard InChI is InChI=1S/C15H23N/c1-11(2)13-8-7-12(3)10-14(13)15-6-4-5-9-16-15/h4-6,9,11-14H,7-8,10H2,1-3H3/t12-,13+,14-/m1/s1. The average molecular weight is 217 g/mol. The topological polar surface area (TPSA) is 12.9 Å². The van der Waals surface area contributed by atoms with Crippen molar-refractivity contribution in [1.82, 2.24) is 4.98 Å². The Kier molecular flexibility index (Phi) is 3.63. The van der Waals surface area contributed by atoms with E-state index in [0.717, 1.165) is 17.8 Å². The zero-order chi connectivity index (χ0) is 11.5. The second kappa shape index (κ2) is 4.99. The molecule has 1 fully saturated rings. The van der Waals surface area contributed by atoms with Gasteiger partial charge in [-0.15, -0.1) is 0 Å². The van der Waals surface area contributed by atoms with Crippen LogP contribution in [0.4, 0.5) is 0 Å². The largest absolute Gasteiger partial charge is 0.261 e. The molecule has 1 aliphatic rings. The fourth-order valence-corrected chi connectivity index (χ4v) is 3.14. The second-order valence-corrected chi connectivity index (χ2v) is 5.69. The van der Waals surface area contributed by atoms with Crippen LogP contribution in [0.3, 0.4) is 0 Å². The lowest BCUT2D eigenvalue weighted by atomic mass is 9.69. The van der Waals surface area contributed by atoms with E-state index in [1.807, 2.05) is 12.3 Å². The highest BCUT2D eigenvalue weighted by molar-refractivity contribution is 5.12. The van der Waals surface area contributed by atoms with Gasteiger partial charge in [-0.3, -0.25) is 4.98 Å². The van der Waals surface area contributed by atoms with Gasteiger partial charge in [0, 0.05) is 17.8 Å². The van der Waals surface area contributed by atoms with Gasteiger partial charge in [-0.05, 0) is 42.7 Å². The predicted molar refractivity (Wildman–Crippen MR) is 68.3 cm³/mol. The molecular weight excluding hydrogens is 194 g/mol. The highest BCUT2D eigenvalue weighted by Crippen LogP contribution is 2.43. The molecule has 1 aliphatic carbocycles. The van der Waals surface area contributed by atoms with Gasteiger partial charge in [0.1, 0.15) is 0 Å². The van der Waals surface area contributed by atoms with Crippen LogP contribution in [0.15, 0.2) is 24.4 Å². The molecule has 2 rings (SSSR count). The van der Waals surface area contributed by atoms with Gasteiger partial charge in [-0.1, -0.05) is 33.3 Å². The predicted octanol–water partition coefficient (Wildman–Crippen LogP) is 4.26. The minimum atomic E-state index is 0.685. The Bertz CT molecular complexity index is 317. The van der Waals surface area contributed by atoms with Crippen molar-refractivity contribution in [2.45, 2.75) is 46.0 Å². The number of aromatic nitrogens is 1. The molecule has 0 unspecified atom stereocenters. The lowest BCUT2D eigenvalue weighted by Gasteiger charge is -2.37. The van der Waals surface area contributed by atoms with Gasteiger partial charge in [-0.25, -0.2) is 0 Å². The summed E-state index contributed by atoms with van der Waals surface area (Å²) in [7, 11) is 0. The highest BCUT2D eigenvalue weighted by Gasteiger charge is 2.32. The Balaban J connectivity index is 2.21. The summed E-state index contributed by atoms with van der Waals surface area (Å²) in [6.07, 6.45) is 6.03. The first-order chi connectivity index (χ1) is 7.68. The molecule has 1 heteroatoms. The molecule has 1 saturated carbocycles. The minimum Gasteiger partial charge on any atom is -0.261 e. The van der Waals surface area contributed by atoms with E-state index in [2.05, 4.69) is 37.9 Å². The third-order valence-corrected chi connectivity index (χ3v) is 4.09.